The first kappa shape index (κ1) is 24.2. The second-order valence-corrected chi connectivity index (χ2v) is 9.47. The first-order chi connectivity index (χ1) is 15.2. The predicted molar refractivity (Wildman–Crippen MR) is 126 cm³/mol. The van der Waals surface area contributed by atoms with Crippen LogP contribution in [0.1, 0.15) is 6.92 Å². The SMILES string of the molecule is CCOc1ccc(N(C(=O)COc2cc(Cl)ccc2Cl)S(=O)(=O)c2ccc(Cl)cc2)cc1. The molecule has 32 heavy (non-hydrogen) atoms. The van der Waals surface area contributed by atoms with E-state index in [1.807, 2.05) is 6.92 Å². The molecule has 0 radical (unpaired) electrons. The van der Waals surface area contributed by atoms with Gasteiger partial charge in [0.15, 0.2) is 6.61 Å². The maximum Gasteiger partial charge on any atom is 0.278 e. The van der Waals surface area contributed by atoms with E-state index in [4.69, 9.17) is 44.3 Å². The highest BCUT2D eigenvalue weighted by Crippen LogP contribution is 2.30. The molecule has 0 aliphatic rings. The number of nitrogens with zero attached hydrogens (tertiary/aromatic N) is 1. The number of carbonyl (C=O) groups excluding carboxylic acids is 1. The van der Waals surface area contributed by atoms with Crippen molar-refractivity contribution in [2.45, 2.75) is 11.8 Å². The van der Waals surface area contributed by atoms with Crippen LogP contribution in [0.4, 0.5) is 5.69 Å². The van der Waals surface area contributed by atoms with E-state index in [1.54, 1.807) is 18.2 Å². The molecule has 0 bridgehead atoms. The van der Waals surface area contributed by atoms with E-state index in [2.05, 4.69) is 0 Å². The normalized spacial score (nSPS) is 11.1. The van der Waals surface area contributed by atoms with E-state index in [0.29, 0.717) is 26.7 Å². The highest BCUT2D eigenvalue weighted by Gasteiger charge is 2.31. The van der Waals surface area contributed by atoms with Gasteiger partial charge in [-0.3, -0.25) is 4.79 Å². The first-order valence-electron chi connectivity index (χ1n) is 9.37. The van der Waals surface area contributed by atoms with Crippen LogP contribution in [0.5, 0.6) is 11.5 Å². The van der Waals surface area contributed by atoms with Crippen LogP contribution in [0.15, 0.2) is 71.6 Å². The van der Waals surface area contributed by atoms with Crippen molar-refractivity contribution in [1.82, 2.24) is 0 Å². The summed E-state index contributed by atoms with van der Waals surface area (Å²) in [7, 11) is -4.27. The monoisotopic (exact) mass is 513 g/mol. The van der Waals surface area contributed by atoms with Crippen molar-refractivity contribution < 1.29 is 22.7 Å². The van der Waals surface area contributed by atoms with Crippen molar-refractivity contribution in [3.05, 3.63) is 81.8 Å². The maximum absolute atomic E-state index is 13.4. The fourth-order valence-electron chi connectivity index (χ4n) is 2.76. The van der Waals surface area contributed by atoms with Gasteiger partial charge in [-0.25, -0.2) is 8.42 Å². The smallest absolute Gasteiger partial charge is 0.278 e. The van der Waals surface area contributed by atoms with Gasteiger partial charge in [-0.2, -0.15) is 4.31 Å². The summed E-state index contributed by atoms with van der Waals surface area (Å²) < 4.78 is 38.3. The van der Waals surface area contributed by atoms with Gasteiger partial charge < -0.3 is 9.47 Å². The number of hydrogen-bond acceptors (Lipinski definition) is 5. The van der Waals surface area contributed by atoms with Gasteiger partial charge >= 0.3 is 0 Å². The van der Waals surface area contributed by atoms with Gasteiger partial charge in [0.1, 0.15) is 11.5 Å². The Hall–Kier alpha value is -2.45. The molecule has 0 unspecified atom stereocenters. The molecule has 0 fully saturated rings. The quantitative estimate of drug-likeness (QED) is 0.377. The van der Waals surface area contributed by atoms with Gasteiger partial charge in [-0.05, 0) is 67.6 Å². The van der Waals surface area contributed by atoms with Crippen LogP contribution < -0.4 is 13.8 Å². The zero-order valence-corrected chi connectivity index (χ0v) is 19.9. The van der Waals surface area contributed by atoms with Crippen LogP contribution in [-0.2, 0) is 14.8 Å². The van der Waals surface area contributed by atoms with Gasteiger partial charge in [0.25, 0.3) is 15.9 Å². The van der Waals surface area contributed by atoms with Crippen LogP contribution in [0.3, 0.4) is 0 Å². The molecule has 0 heterocycles. The molecule has 0 aliphatic heterocycles. The number of carbonyl (C=O) groups is 1. The first-order valence-corrected chi connectivity index (χ1v) is 11.9. The number of benzene rings is 3. The zero-order valence-electron chi connectivity index (χ0n) is 16.8. The van der Waals surface area contributed by atoms with Crippen LogP contribution in [-0.4, -0.2) is 27.5 Å². The molecule has 3 aromatic carbocycles. The third-order valence-corrected chi connectivity index (χ3v) is 6.77. The lowest BCUT2D eigenvalue weighted by Gasteiger charge is -2.23. The van der Waals surface area contributed by atoms with Gasteiger partial charge in [-0.15, -0.1) is 0 Å². The summed E-state index contributed by atoms with van der Waals surface area (Å²) in [4.78, 5) is 13.0. The molecule has 0 spiro atoms. The topological polar surface area (TPSA) is 72.9 Å². The Morgan fingerprint density at radius 3 is 2.12 bits per heavy atom. The van der Waals surface area contributed by atoms with E-state index >= 15 is 0 Å². The molecule has 0 saturated carbocycles. The molecule has 6 nitrogen and oxygen atoms in total. The third kappa shape index (κ3) is 5.66. The molecule has 168 valence electrons. The van der Waals surface area contributed by atoms with E-state index in [1.165, 1.54) is 48.5 Å². The number of anilines is 1. The molecule has 0 aliphatic carbocycles. The predicted octanol–water partition coefficient (Wildman–Crippen LogP) is 5.85. The van der Waals surface area contributed by atoms with Crippen molar-refractivity contribution in [3.8, 4) is 11.5 Å². The number of rotatable bonds is 8. The Bertz CT molecular complexity index is 1200. The molecular weight excluding hydrogens is 497 g/mol. The number of hydrogen-bond donors (Lipinski definition) is 0. The summed E-state index contributed by atoms with van der Waals surface area (Å²) in [5, 5.41) is 0.950. The Kier molecular flexibility index (Phi) is 7.90. The largest absolute Gasteiger partial charge is 0.494 e. The van der Waals surface area contributed by atoms with Crippen LogP contribution in [0.2, 0.25) is 15.1 Å². The van der Waals surface area contributed by atoms with Crippen molar-refractivity contribution in [2.75, 3.05) is 17.5 Å². The Morgan fingerprint density at radius 1 is 0.875 bits per heavy atom. The van der Waals surface area contributed by atoms with Crippen molar-refractivity contribution >= 4 is 56.4 Å². The average molecular weight is 515 g/mol. The molecule has 1 amide bonds. The van der Waals surface area contributed by atoms with Crippen molar-refractivity contribution in [2.24, 2.45) is 0 Å². The number of sulfonamides is 1. The van der Waals surface area contributed by atoms with Crippen LogP contribution in [0.25, 0.3) is 0 Å². The second kappa shape index (κ2) is 10.4. The van der Waals surface area contributed by atoms with Gasteiger partial charge in [0.2, 0.25) is 0 Å². The third-order valence-electron chi connectivity index (χ3n) is 4.21. The molecule has 0 atom stereocenters. The lowest BCUT2D eigenvalue weighted by molar-refractivity contribution is -0.119. The molecule has 0 saturated heterocycles. The maximum atomic E-state index is 13.4. The number of halogens is 3. The number of amides is 1. The fraction of sp³-hybridized carbons (Fsp3) is 0.136. The van der Waals surface area contributed by atoms with Gasteiger partial charge in [-0.1, -0.05) is 34.8 Å². The summed E-state index contributed by atoms with van der Waals surface area (Å²) >= 11 is 17.9. The van der Waals surface area contributed by atoms with Crippen LogP contribution in [0, 0.1) is 0 Å². The summed E-state index contributed by atoms with van der Waals surface area (Å²) in [5.41, 5.74) is 0.120. The highest BCUT2D eigenvalue weighted by atomic mass is 35.5. The van der Waals surface area contributed by atoms with Crippen molar-refractivity contribution in [1.29, 1.82) is 0 Å². The lowest BCUT2D eigenvalue weighted by Crippen LogP contribution is -2.40. The fourth-order valence-corrected chi connectivity index (χ4v) is 4.63. The van der Waals surface area contributed by atoms with E-state index in [0.717, 1.165) is 0 Å². The Morgan fingerprint density at radius 2 is 1.50 bits per heavy atom. The number of ether oxygens (including phenoxy) is 2. The molecule has 10 heteroatoms. The Labute approximate surface area is 201 Å². The second-order valence-electron chi connectivity index (χ2n) is 6.41. The van der Waals surface area contributed by atoms with E-state index < -0.39 is 22.5 Å². The molecule has 0 aromatic heterocycles. The molecular formula is C22H18Cl3NO5S. The van der Waals surface area contributed by atoms with Gasteiger partial charge in [0.05, 0.1) is 22.2 Å². The molecule has 3 rings (SSSR count). The van der Waals surface area contributed by atoms with Gasteiger partial charge in [0, 0.05) is 16.1 Å². The molecule has 3 aromatic rings. The Balaban J connectivity index is 1.96. The minimum absolute atomic E-state index is 0.107. The van der Waals surface area contributed by atoms with Crippen molar-refractivity contribution in [3.63, 3.8) is 0 Å². The zero-order chi connectivity index (χ0) is 23.3. The summed E-state index contributed by atoms with van der Waals surface area (Å²) in [6, 6.07) is 16.1. The summed E-state index contributed by atoms with van der Waals surface area (Å²) in [5.74, 6) is -0.141. The lowest BCUT2D eigenvalue weighted by atomic mass is 10.3. The molecule has 0 N–H and O–H groups in total. The summed E-state index contributed by atoms with van der Waals surface area (Å²) in [6.07, 6.45) is 0. The van der Waals surface area contributed by atoms with Crippen LogP contribution >= 0.6 is 34.8 Å². The summed E-state index contributed by atoms with van der Waals surface area (Å²) in [6.45, 7) is 1.67. The minimum Gasteiger partial charge on any atom is -0.494 e. The standard InChI is InChI=1S/C22H18Cl3NO5S/c1-2-30-18-8-6-17(7-9-18)26(32(28,29)19-10-3-15(23)4-11-19)22(27)14-31-21-13-16(24)5-12-20(21)25/h3-13H,2,14H2,1H3. The average Bonchev–Trinajstić information content (AvgIpc) is 2.76. The highest BCUT2D eigenvalue weighted by molar-refractivity contribution is 7.93. The van der Waals surface area contributed by atoms with E-state index in [9.17, 15) is 13.2 Å². The van der Waals surface area contributed by atoms with E-state index in [-0.39, 0.29) is 21.4 Å². The minimum atomic E-state index is -4.27.